The Morgan fingerprint density at radius 3 is 2.76 bits per heavy atom. The molecule has 0 aliphatic carbocycles. The summed E-state index contributed by atoms with van der Waals surface area (Å²) in [6.45, 7) is 3.31. The van der Waals surface area contributed by atoms with Crippen molar-refractivity contribution >= 4 is 11.8 Å². The minimum Gasteiger partial charge on any atom is -0.447 e. The third-order valence-electron chi connectivity index (χ3n) is 2.99. The van der Waals surface area contributed by atoms with Crippen molar-refractivity contribution in [3.05, 3.63) is 29.8 Å². The van der Waals surface area contributed by atoms with Gasteiger partial charge in [0.2, 0.25) is 0 Å². The van der Waals surface area contributed by atoms with Gasteiger partial charge < -0.3 is 15.4 Å². The van der Waals surface area contributed by atoms with E-state index in [1.807, 2.05) is 29.2 Å². The van der Waals surface area contributed by atoms with Crippen LogP contribution in [0.15, 0.2) is 24.3 Å². The topological polar surface area (TPSA) is 55.6 Å². The molecular weight excluding hydrogens is 216 g/mol. The van der Waals surface area contributed by atoms with E-state index in [0.717, 1.165) is 25.1 Å². The zero-order valence-electron chi connectivity index (χ0n) is 10.1. The number of benzene rings is 1. The second-order valence-corrected chi connectivity index (χ2v) is 4.37. The van der Waals surface area contributed by atoms with Crippen molar-refractivity contribution in [2.75, 3.05) is 18.9 Å². The van der Waals surface area contributed by atoms with Crippen molar-refractivity contribution in [2.24, 2.45) is 0 Å². The summed E-state index contributed by atoms with van der Waals surface area (Å²) in [4.78, 5) is 13.3. The van der Waals surface area contributed by atoms with Crippen molar-refractivity contribution < 1.29 is 9.53 Å². The van der Waals surface area contributed by atoms with Gasteiger partial charge in [0.15, 0.2) is 0 Å². The van der Waals surface area contributed by atoms with Crippen molar-refractivity contribution in [1.29, 1.82) is 0 Å². The highest BCUT2D eigenvalue weighted by Crippen LogP contribution is 2.18. The fraction of sp³-hybridized carbons (Fsp3) is 0.462. The molecule has 1 heterocycles. The molecule has 0 radical (unpaired) electrons. The summed E-state index contributed by atoms with van der Waals surface area (Å²) >= 11 is 0. The number of carbonyl (C=O) groups is 1. The highest BCUT2D eigenvalue weighted by atomic mass is 16.6. The Kier molecular flexibility index (Phi) is 3.52. The number of amides is 1. The summed E-state index contributed by atoms with van der Waals surface area (Å²) in [5.41, 5.74) is 7.59. The van der Waals surface area contributed by atoms with Gasteiger partial charge in [0, 0.05) is 12.2 Å². The second kappa shape index (κ2) is 5.08. The van der Waals surface area contributed by atoms with Crippen molar-refractivity contribution in [2.45, 2.75) is 25.8 Å². The molecule has 1 atom stereocenters. The van der Waals surface area contributed by atoms with Crippen molar-refractivity contribution in [3.8, 4) is 0 Å². The quantitative estimate of drug-likeness (QED) is 0.811. The molecule has 2 rings (SSSR count). The summed E-state index contributed by atoms with van der Waals surface area (Å²) in [6, 6.07) is 7.93. The first kappa shape index (κ1) is 11.8. The molecular formula is C13H18N2O2. The summed E-state index contributed by atoms with van der Waals surface area (Å²) in [5, 5.41) is 0. The number of nitrogens with zero attached hydrogens (tertiary/aromatic N) is 1. The van der Waals surface area contributed by atoms with Crippen molar-refractivity contribution in [1.82, 2.24) is 4.90 Å². The molecule has 1 aliphatic heterocycles. The number of anilines is 1. The van der Waals surface area contributed by atoms with Crippen LogP contribution in [0.4, 0.5) is 10.5 Å². The normalized spacial score (nSPS) is 19.5. The number of cyclic esters (lactones) is 1. The summed E-state index contributed by atoms with van der Waals surface area (Å²) in [7, 11) is 0. The van der Waals surface area contributed by atoms with Gasteiger partial charge in [-0.2, -0.15) is 0 Å². The minimum atomic E-state index is -0.188. The van der Waals surface area contributed by atoms with Crippen LogP contribution >= 0.6 is 0 Å². The number of nitrogens with two attached hydrogens (primary N) is 1. The fourth-order valence-corrected chi connectivity index (χ4v) is 2.10. The number of carbonyl (C=O) groups excluding carboxylic acids is 1. The lowest BCUT2D eigenvalue weighted by Crippen LogP contribution is -2.35. The summed E-state index contributed by atoms with van der Waals surface area (Å²) in [6.07, 6.45) is 1.59. The molecule has 1 amide bonds. The van der Waals surface area contributed by atoms with Crippen molar-refractivity contribution in [3.63, 3.8) is 0 Å². The lowest BCUT2D eigenvalue weighted by atomic mass is 10.1. The predicted octanol–water partition coefficient (Wildman–Crippen LogP) is 2.04. The Morgan fingerprint density at radius 1 is 1.41 bits per heavy atom. The average molecular weight is 234 g/mol. The van der Waals surface area contributed by atoms with Gasteiger partial charge in [-0.1, -0.05) is 19.1 Å². The first-order valence-electron chi connectivity index (χ1n) is 5.98. The fourth-order valence-electron chi connectivity index (χ4n) is 2.10. The number of rotatable bonds is 4. The molecule has 4 heteroatoms. The smallest absolute Gasteiger partial charge is 0.410 e. The molecule has 0 bridgehead atoms. The van der Waals surface area contributed by atoms with Crippen LogP contribution in [0.3, 0.4) is 0 Å². The standard InChI is InChI=1S/C13H18N2O2/c1-2-7-15-12(9-17-13(15)16)8-10-3-5-11(14)6-4-10/h3-6,12H,2,7-9,14H2,1H3. The van der Waals surface area contributed by atoms with Crippen LogP contribution < -0.4 is 5.73 Å². The number of hydrogen-bond acceptors (Lipinski definition) is 3. The van der Waals surface area contributed by atoms with E-state index in [-0.39, 0.29) is 12.1 Å². The molecule has 1 aliphatic rings. The molecule has 0 saturated carbocycles. The van der Waals surface area contributed by atoms with Crippen LogP contribution in [0.1, 0.15) is 18.9 Å². The first-order chi connectivity index (χ1) is 8.20. The average Bonchev–Trinajstić information content (AvgIpc) is 2.65. The van der Waals surface area contributed by atoms with Gasteiger partial charge >= 0.3 is 6.09 Å². The molecule has 1 aromatic rings. The third-order valence-corrected chi connectivity index (χ3v) is 2.99. The Hall–Kier alpha value is -1.71. The number of ether oxygens (including phenoxy) is 1. The molecule has 1 aromatic carbocycles. The highest BCUT2D eigenvalue weighted by molar-refractivity contribution is 5.70. The maximum Gasteiger partial charge on any atom is 0.410 e. The van der Waals surface area contributed by atoms with E-state index >= 15 is 0 Å². The molecule has 92 valence electrons. The zero-order chi connectivity index (χ0) is 12.3. The second-order valence-electron chi connectivity index (χ2n) is 4.37. The Labute approximate surface area is 101 Å². The molecule has 4 nitrogen and oxygen atoms in total. The van der Waals surface area contributed by atoms with Gasteiger partial charge in [0.25, 0.3) is 0 Å². The maximum absolute atomic E-state index is 11.5. The summed E-state index contributed by atoms with van der Waals surface area (Å²) < 4.78 is 5.09. The van der Waals surface area contributed by atoms with Crippen LogP contribution in [-0.4, -0.2) is 30.2 Å². The first-order valence-corrected chi connectivity index (χ1v) is 5.98. The molecule has 0 spiro atoms. The number of hydrogen-bond donors (Lipinski definition) is 1. The van der Waals surface area contributed by atoms with E-state index in [0.29, 0.717) is 6.61 Å². The Balaban J connectivity index is 2.02. The monoisotopic (exact) mass is 234 g/mol. The zero-order valence-corrected chi connectivity index (χ0v) is 10.1. The molecule has 2 N–H and O–H groups in total. The largest absolute Gasteiger partial charge is 0.447 e. The Bertz CT molecular complexity index is 389. The van der Waals surface area contributed by atoms with Crippen LogP contribution in [0.5, 0.6) is 0 Å². The summed E-state index contributed by atoms with van der Waals surface area (Å²) in [5.74, 6) is 0. The molecule has 1 fully saturated rings. The SMILES string of the molecule is CCCN1C(=O)OCC1Cc1ccc(N)cc1. The molecule has 17 heavy (non-hydrogen) atoms. The Morgan fingerprint density at radius 2 is 2.12 bits per heavy atom. The molecule has 0 aromatic heterocycles. The van der Waals surface area contributed by atoms with Crippen LogP contribution in [0.25, 0.3) is 0 Å². The number of nitrogen functional groups attached to an aromatic ring is 1. The van der Waals surface area contributed by atoms with E-state index in [1.165, 1.54) is 5.56 Å². The van der Waals surface area contributed by atoms with Gasteiger partial charge in [-0.15, -0.1) is 0 Å². The van der Waals surface area contributed by atoms with Gasteiger partial charge in [0.1, 0.15) is 6.61 Å². The van der Waals surface area contributed by atoms with Crippen LogP contribution in [0, 0.1) is 0 Å². The van der Waals surface area contributed by atoms with Crippen LogP contribution in [0.2, 0.25) is 0 Å². The lowest BCUT2D eigenvalue weighted by molar-refractivity contribution is 0.157. The van der Waals surface area contributed by atoms with Gasteiger partial charge in [-0.05, 0) is 30.5 Å². The van der Waals surface area contributed by atoms with E-state index in [1.54, 1.807) is 0 Å². The molecule has 1 saturated heterocycles. The van der Waals surface area contributed by atoms with Gasteiger partial charge in [0.05, 0.1) is 6.04 Å². The van der Waals surface area contributed by atoms with E-state index in [9.17, 15) is 4.79 Å². The van der Waals surface area contributed by atoms with E-state index < -0.39 is 0 Å². The molecule has 1 unspecified atom stereocenters. The highest BCUT2D eigenvalue weighted by Gasteiger charge is 2.31. The van der Waals surface area contributed by atoms with E-state index in [4.69, 9.17) is 10.5 Å². The predicted molar refractivity (Wildman–Crippen MR) is 66.7 cm³/mol. The minimum absolute atomic E-state index is 0.158. The van der Waals surface area contributed by atoms with Gasteiger partial charge in [-0.3, -0.25) is 0 Å². The third kappa shape index (κ3) is 2.70. The van der Waals surface area contributed by atoms with Gasteiger partial charge in [-0.25, -0.2) is 4.79 Å². The lowest BCUT2D eigenvalue weighted by Gasteiger charge is -2.20. The van der Waals surface area contributed by atoms with E-state index in [2.05, 4.69) is 6.92 Å². The van der Waals surface area contributed by atoms with Crippen LogP contribution in [-0.2, 0) is 11.2 Å². The maximum atomic E-state index is 11.5.